The third-order valence-electron chi connectivity index (χ3n) is 10.1. The average molecular weight is 855 g/mol. The standard InChI is InChI=1S/C43H44ClFN8O4S2/c1-50(2)18-17-33(28-58-35-11-7-4-8-12-35)48-39-16-14-36(26-41(39)53(54)55)59(56,57)49-43-42-38(45)24-34(25-40(42)46-29-47-43)52-21-19-51(20-22-52)27-31-23-32(44)13-15-37(31)30-9-5-3-6-10-30/h3-16,23-26,29,33,48H,17-22,27-28H2,1-2H3,(H,46,47,49). The van der Waals surface area contributed by atoms with Crippen LogP contribution in [-0.4, -0.2) is 91.7 Å². The first-order valence-electron chi connectivity index (χ1n) is 19.1. The van der Waals surface area contributed by atoms with Crippen LogP contribution in [0.1, 0.15) is 12.0 Å². The molecule has 1 atom stereocenters. The number of halogens is 2. The molecule has 6 aromatic rings. The molecule has 1 aliphatic rings. The Bertz CT molecular complexity index is 2530. The van der Waals surface area contributed by atoms with Crippen molar-refractivity contribution in [1.29, 1.82) is 0 Å². The van der Waals surface area contributed by atoms with Gasteiger partial charge in [-0.25, -0.2) is 22.8 Å². The van der Waals surface area contributed by atoms with Crippen molar-refractivity contribution in [2.45, 2.75) is 28.8 Å². The smallest absolute Gasteiger partial charge is 0.293 e. The number of nitrogens with one attached hydrogen (secondary N) is 2. The van der Waals surface area contributed by atoms with Gasteiger partial charge in [-0.05, 0) is 92.3 Å². The minimum Gasteiger partial charge on any atom is -0.376 e. The van der Waals surface area contributed by atoms with E-state index in [0.29, 0.717) is 42.5 Å². The van der Waals surface area contributed by atoms with Crippen LogP contribution in [0.3, 0.4) is 0 Å². The number of nitrogens with zero attached hydrogens (tertiary/aromatic N) is 6. The Hall–Kier alpha value is -5.32. The number of nitro benzene ring substituents is 1. The zero-order valence-electron chi connectivity index (χ0n) is 32.6. The minimum absolute atomic E-state index is 0.111. The Balaban J connectivity index is 1.05. The number of aromatic nitrogens is 2. The van der Waals surface area contributed by atoms with Gasteiger partial charge in [-0.1, -0.05) is 66.2 Å². The molecule has 0 saturated carbocycles. The molecule has 1 saturated heterocycles. The Kier molecular flexibility index (Phi) is 13.3. The van der Waals surface area contributed by atoms with E-state index in [1.807, 2.05) is 85.7 Å². The maximum absolute atomic E-state index is 16.0. The maximum atomic E-state index is 16.0. The lowest BCUT2D eigenvalue weighted by molar-refractivity contribution is -0.384. The molecule has 1 unspecified atom stereocenters. The first kappa shape index (κ1) is 41.8. The number of piperazine rings is 1. The highest BCUT2D eigenvalue weighted by Crippen LogP contribution is 2.34. The fourth-order valence-electron chi connectivity index (χ4n) is 7.07. The molecular formula is C43H44ClFN8O4S2. The second-order valence-corrected chi connectivity index (χ2v) is 17.8. The van der Waals surface area contributed by atoms with Crippen LogP contribution in [0.2, 0.25) is 5.02 Å². The highest BCUT2D eigenvalue weighted by atomic mass is 35.5. The van der Waals surface area contributed by atoms with Crippen molar-refractivity contribution in [3.63, 3.8) is 0 Å². The number of hydrogen-bond donors (Lipinski definition) is 2. The van der Waals surface area contributed by atoms with Crippen molar-refractivity contribution >= 4 is 67.2 Å². The first-order valence-corrected chi connectivity index (χ1v) is 21.9. The van der Waals surface area contributed by atoms with Gasteiger partial charge in [0.1, 0.15) is 17.8 Å². The number of thioether (sulfide) groups is 1. The summed E-state index contributed by atoms with van der Waals surface area (Å²) in [5, 5.41) is 16.2. The van der Waals surface area contributed by atoms with Gasteiger partial charge in [-0.15, -0.1) is 11.8 Å². The lowest BCUT2D eigenvalue weighted by atomic mass is 9.99. The topological polar surface area (TPSA) is 137 Å². The van der Waals surface area contributed by atoms with Crippen molar-refractivity contribution in [1.82, 2.24) is 19.8 Å². The van der Waals surface area contributed by atoms with Crippen LogP contribution in [0.4, 0.5) is 27.3 Å². The normalized spacial score (nSPS) is 14.1. The predicted molar refractivity (Wildman–Crippen MR) is 236 cm³/mol. The molecule has 59 heavy (non-hydrogen) atoms. The maximum Gasteiger partial charge on any atom is 0.293 e. The van der Waals surface area contributed by atoms with Crippen LogP contribution in [0.25, 0.3) is 22.0 Å². The number of benzene rings is 5. The van der Waals surface area contributed by atoms with Crippen molar-refractivity contribution in [3.8, 4) is 11.1 Å². The zero-order chi connectivity index (χ0) is 41.5. The number of hydrogen-bond acceptors (Lipinski definition) is 11. The third kappa shape index (κ3) is 10.5. The molecule has 0 spiro atoms. The van der Waals surface area contributed by atoms with Gasteiger partial charge in [0.15, 0.2) is 5.82 Å². The van der Waals surface area contributed by atoms with Crippen molar-refractivity contribution in [2.24, 2.45) is 0 Å². The highest BCUT2D eigenvalue weighted by molar-refractivity contribution is 7.99. The van der Waals surface area contributed by atoms with Crippen LogP contribution in [0, 0.1) is 15.9 Å². The van der Waals surface area contributed by atoms with Gasteiger partial charge in [0, 0.05) is 66.2 Å². The molecule has 0 aliphatic carbocycles. The van der Waals surface area contributed by atoms with Crippen molar-refractivity contribution in [3.05, 3.63) is 142 Å². The summed E-state index contributed by atoms with van der Waals surface area (Å²) in [6.45, 7) is 4.14. The molecule has 12 nitrogen and oxygen atoms in total. The van der Waals surface area contributed by atoms with Crippen LogP contribution in [-0.2, 0) is 16.6 Å². The number of nitro groups is 1. The Morgan fingerprint density at radius 2 is 1.66 bits per heavy atom. The lowest BCUT2D eigenvalue weighted by Gasteiger charge is -2.36. The monoisotopic (exact) mass is 854 g/mol. The quantitative estimate of drug-likeness (QED) is 0.0550. The molecular weight excluding hydrogens is 811 g/mol. The molecule has 1 fully saturated rings. The summed E-state index contributed by atoms with van der Waals surface area (Å²) in [5.74, 6) is -0.348. The summed E-state index contributed by atoms with van der Waals surface area (Å²) in [6, 6.07) is 32.6. The second kappa shape index (κ2) is 18.7. The number of sulfonamides is 1. The molecule has 2 N–H and O–H groups in total. The van der Waals surface area contributed by atoms with E-state index in [2.05, 4.69) is 41.9 Å². The van der Waals surface area contributed by atoms with E-state index in [4.69, 9.17) is 11.6 Å². The zero-order valence-corrected chi connectivity index (χ0v) is 35.0. The van der Waals surface area contributed by atoms with Crippen molar-refractivity contribution < 1.29 is 17.7 Å². The van der Waals surface area contributed by atoms with E-state index in [0.717, 1.165) is 53.6 Å². The van der Waals surface area contributed by atoms with E-state index in [1.54, 1.807) is 17.8 Å². The van der Waals surface area contributed by atoms with E-state index < -0.39 is 26.5 Å². The molecule has 0 amide bonds. The van der Waals surface area contributed by atoms with Crippen molar-refractivity contribution in [2.75, 3.05) is 67.5 Å². The van der Waals surface area contributed by atoms with Gasteiger partial charge in [0.05, 0.1) is 20.7 Å². The molecule has 16 heteroatoms. The van der Waals surface area contributed by atoms with Crippen LogP contribution in [0.15, 0.2) is 125 Å². The Morgan fingerprint density at radius 3 is 2.37 bits per heavy atom. The first-order chi connectivity index (χ1) is 28.4. The van der Waals surface area contributed by atoms with Gasteiger partial charge < -0.3 is 15.1 Å². The predicted octanol–water partition coefficient (Wildman–Crippen LogP) is 8.65. The number of fused-ring (bicyclic) bond motifs is 1. The molecule has 1 aliphatic heterocycles. The second-order valence-electron chi connectivity index (χ2n) is 14.6. The van der Waals surface area contributed by atoms with E-state index in [1.165, 1.54) is 18.2 Å². The summed E-state index contributed by atoms with van der Waals surface area (Å²) < 4.78 is 45.8. The van der Waals surface area contributed by atoms with Gasteiger partial charge in [-0.2, -0.15) is 0 Å². The SMILES string of the molecule is CN(C)CCC(CSc1ccccc1)Nc1ccc(S(=O)(=O)Nc2ncnc3cc(N4CCN(Cc5cc(Cl)ccc5-c5ccccc5)CC4)cc(F)c23)cc1[N+](=O)[O-]. The largest absolute Gasteiger partial charge is 0.376 e. The van der Waals surface area contributed by atoms with Gasteiger partial charge in [0.25, 0.3) is 15.7 Å². The Labute approximate surface area is 352 Å². The summed E-state index contributed by atoms with van der Waals surface area (Å²) in [6.07, 6.45) is 1.85. The summed E-state index contributed by atoms with van der Waals surface area (Å²) >= 11 is 8.03. The fraction of sp³-hybridized carbons (Fsp3) is 0.256. The highest BCUT2D eigenvalue weighted by Gasteiger charge is 2.26. The van der Waals surface area contributed by atoms with Gasteiger partial charge >= 0.3 is 0 Å². The fourth-order valence-corrected chi connectivity index (χ4v) is 9.30. The molecule has 5 aromatic carbocycles. The van der Waals surface area contributed by atoms with Crippen LogP contribution in [0.5, 0.6) is 0 Å². The summed E-state index contributed by atoms with van der Waals surface area (Å²) in [4.78, 5) is 27.2. The van der Waals surface area contributed by atoms with E-state index in [-0.39, 0.29) is 33.3 Å². The molecule has 306 valence electrons. The molecule has 7 rings (SSSR count). The van der Waals surface area contributed by atoms with Gasteiger partial charge in [0.2, 0.25) is 0 Å². The summed E-state index contributed by atoms with van der Waals surface area (Å²) in [7, 11) is -0.542. The van der Waals surface area contributed by atoms with Crippen LogP contribution >= 0.6 is 23.4 Å². The Morgan fingerprint density at radius 1 is 0.932 bits per heavy atom. The molecule has 1 aromatic heterocycles. The lowest BCUT2D eigenvalue weighted by Crippen LogP contribution is -2.46. The molecule has 0 bridgehead atoms. The third-order valence-corrected chi connectivity index (χ3v) is 12.9. The minimum atomic E-state index is -4.45. The summed E-state index contributed by atoms with van der Waals surface area (Å²) in [5.41, 5.74) is 3.99. The number of rotatable bonds is 16. The van der Waals surface area contributed by atoms with E-state index in [9.17, 15) is 18.5 Å². The molecule has 2 heterocycles. The molecule has 0 radical (unpaired) electrons. The van der Waals surface area contributed by atoms with E-state index >= 15 is 4.39 Å². The number of anilines is 3. The van der Waals surface area contributed by atoms with Gasteiger partial charge in [-0.3, -0.25) is 19.7 Å². The average Bonchev–Trinajstić information content (AvgIpc) is 3.22. The van der Waals surface area contributed by atoms with Crippen LogP contribution < -0.4 is 14.9 Å².